The van der Waals surface area contributed by atoms with Crippen molar-refractivity contribution in [1.82, 2.24) is 19.9 Å². The van der Waals surface area contributed by atoms with E-state index in [1.165, 1.54) is 12.1 Å². The van der Waals surface area contributed by atoms with Gasteiger partial charge in [-0.2, -0.15) is 0 Å². The Morgan fingerprint density at radius 1 is 1.03 bits per heavy atom. The highest BCUT2D eigenvalue weighted by atomic mass is 19.1. The highest BCUT2D eigenvalue weighted by Crippen LogP contribution is 2.24. The Kier molecular flexibility index (Phi) is 5.90. The number of hydrogen-bond donors (Lipinski definition) is 3. The minimum Gasteiger partial charge on any atom is -0.384 e. The number of nitrogens with zero attached hydrogens (tertiary/aromatic N) is 3. The van der Waals surface area contributed by atoms with Gasteiger partial charge in [-0.15, -0.1) is 5.10 Å². The normalized spacial score (nSPS) is 12.1. The Morgan fingerprint density at radius 3 is 2.63 bits per heavy atom. The number of halogens is 1. The van der Waals surface area contributed by atoms with E-state index in [0.29, 0.717) is 5.82 Å². The predicted octanol–water partition coefficient (Wildman–Crippen LogP) is 4.34. The van der Waals surface area contributed by atoms with E-state index < -0.39 is 0 Å². The van der Waals surface area contributed by atoms with E-state index >= 15 is 0 Å². The number of nitrogens with one attached hydrogen (secondary N) is 3. The first-order valence-corrected chi connectivity index (χ1v) is 10.00. The molecule has 0 bridgehead atoms. The molecule has 1 atom stereocenters. The zero-order valence-electron chi connectivity index (χ0n) is 17.1. The van der Waals surface area contributed by atoms with E-state index in [9.17, 15) is 4.39 Å². The molecule has 154 valence electrons. The second kappa shape index (κ2) is 8.92. The molecule has 0 spiro atoms. The SMILES string of the molecule is CNCCNc1ccc(-c2cnc3ccc(NC(C)c4cccc(F)c4)nn23)cc1. The lowest BCUT2D eigenvalue weighted by Crippen LogP contribution is -2.17. The first-order chi connectivity index (χ1) is 14.6. The van der Waals surface area contributed by atoms with E-state index in [1.54, 1.807) is 6.07 Å². The van der Waals surface area contributed by atoms with Crippen molar-refractivity contribution in [1.29, 1.82) is 0 Å². The van der Waals surface area contributed by atoms with Crippen molar-refractivity contribution in [3.05, 3.63) is 78.2 Å². The van der Waals surface area contributed by atoms with Gasteiger partial charge in [0.1, 0.15) is 11.6 Å². The summed E-state index contributed by atoms with van der Waals surface area (Å²) in [6.07, 6.45) is 1.82. The number of rotatable bonds is 8. The van der Waals surface area contributed by atoms with Crippen LogP contribution in [0.4, 0.5) is 15.9 Å². The molecule has 7 heteroatoms. The van der Waals surface area contributed by atoms with Gasteiger partial charge in [0.05, 0.1) is 17.9 Å². The quantitative estimate of drug-likeness (QED) is 0.381. The lowest BCUT2D eigenvalue weighted by atomic mass is 10.1. The Labute approximate surface area is 175 Å². The third-order valence-electron chi connectivity index (χ3n) is 4.96. The number of aromatic nitrogens is 3. The lowest BCUT2D eigenvalue weighted by Gasteiger charge is -2.15. The van der Waals surface area contributed by atoms with Crippen LogP contribution in [0.1, 0.15) is 18.5 Å². The third kappa shape index (κ3) is 4.41. The number of hydrogen-bond acceptors (Lipinski definition) is 5. The van der Waals surface area contributed by atoms with Crippen molar-refractivity contribution in [2.45, 2.75) is 13.0 Å². The van der Waals surface area contributed by atoms with Crippen LogP contribution in [0.3, 0.4) is 0 Å². The van der Waals surface area contributed by atoms with Gasteiger partial charge in [-0.3, -0.25) is 0 Å². The highest BCUT2D eigenvalue weighted by Gasteiger charge is 2.11. The van der Waals surface area contributed by atoms with Gasteiger partial charge in [-0.05, 0) is 55.9 Å². The van der Waals surface area contributed by atoms with Crippen LogP contribution in [0, 0.1) is 5.82 Å². The maximum absolute atomic E-state index is 13.5. The zero-order chi connectivity index (χ0) is 20.9. The monoisotopic (exact) mass is 404 g/mol. The third-order valence-corrected chi connectivity index (χ3v) is 4.96. The minimum absolute atomic E-state index is 0.0828. The molecule has 0 saturated heterocycles. The van der Waals surface area contributed by atoms with Crippen LogP contribution in [-0.4, -0.2) is 34.7 Å². The number of benzene rings is 2. The van der Waals surface area contributed by atoms with Crippen LogP contribution in [-0.2, 0) is 0 Å². The zero-order valence-corrected chi connectivity index (χ0v) is 17.1. The summed E-state index contributed by atoms with van der Waals surface area (Å²) in [5.41, 5.74) is 4.65. The van der Waals surface area contributed by atoms with Gasteiger partial charge < -0.3 is 16.0 Å². The van der Waals surface area contributed by atoms with Gasteiger partial charge in [0.25, 0.3) is 0 Å². The summed E-state index contributed by atoms with van der Waals surface area (Å²) in [6.45, 7) is 3.75. The van der Waals surface area contributed by atoms with Crippen LogP contribution in [0.15, 0.2) is 66.9 Å². The maximum Gasteiger partial charge on any atom is 0.154 e. The first kappa shape index (κ1) is 19.8. The molecular formula is C23H25FN6. The van der Waals surface area contributed by atoms with Crippen LogP contribution < -0.4 is 16.0 Å². The van der Waals surface area contributed by atoms with Crippen molar-refractivity contribution in [2.24, 2.45) is 0 Å². The van der Waals surface area contributed by atoms with E-state index in [0.717, 1.165) is 41.2 Å². The summed E-state index contributed by atoms with van der Waals surface area (Å²) in [6, 6.07) is 18.5. The average molecular weight is 404 g/mol. The molecule has 3 N–H and O–H groups in total. The molecule has 2 aromatic heterocycles. The fourth-order valence-electron chi connectivity index (χ4n) is 3.32. The fourth-order valence-corrected chi connectivity index (χ4v) is 3.32. The molecule has 2 heterocycles. The second-order valence-electron chi connectivity index (χ2n) is 7.16. The summed E-state index contributed by atoms with van der Waals surface area (Å²) in [5.74, 6) is 0.453. The summed E-state index contributed by atoms with van der Waals surface area (Å²) in [5, 5.41) is 14.5. The second-order valence-corrected chi connectivity index (χ2v) is 7.16. The molecule has 0 saturated carbocycles. The van der Waals surface area contributed by atoms with E-state index in [4.69, 9.17) is 5.10 Å². The molecule has 4 aromatic rings. The van der Waals surface area contributed by atoms with Crippen molar-refractivity contribution < 1.29 is 4.39 Å². The number of imidazole rings is 1. The largest absolute Gasteiger partial charge is 0.384 e. The smallest absolute Gasteiger partial charge is 0.154 e. The fraction of sp³-hybridized carbons (Fsp3) is 0.217. The number of anilines is 2. The van der Waals surface area contributed by atoms with E-state index in [1.807, 2.05) is 42.9 Å². The molecule has 2 aromatic carbocycles. The van der Waals surface area contributed by atoms with Gasteiger partial charge in [0.2, 0.25) is 0 Å². The molecule has 0 aliphatic heterocycles. The Balaban J connectivity index is 1.55. The molecule has 30 heavy (non-hydrogen) atoms. The van der Waals surface area contributed by atoms with E-state index in [-0.39, 0.29) is 11.9 Å². The van der Waals surface area contributed by atoms with Gasteiger partial charge in [-0.1, -0.05) is 24.3 Å². The van der Waals surface area contributed by atoms with E-state index in [2.05, 4.69) is 45.2 Å². The Hall–Kier alpha value is -3.45. The minimum atomic E-state index is -0.245. The van der Waals surface area contributed by atoms with Gasteiger partial charge in [-0.25, -0.2) is 13.9 Å². The standard InChI is InChI=1S/C23H25FN6/c1-16(18-4-3-5-19(24)14-18)28-22-10-11-23-27-15-21(30(23)29-22)17-6-8-20(9-7-17)26-13-12-25-2/h3-11,14-16,25-26H,12-13H2,1-2H3,(H,28,29). The molecule has 1 unspecified atom stereocenters. The van der Waals surface area contributed by atoms with Crippen LogP contribution in [0.2, 0.25) is 0 Å². The van der Waals surface area contributed by atoms with Gasteiger partial charge in [0.15, 0.2) is 5.65 Å². The average Bonchev–Trinajstić information content (AvgIpc) is 3.18. The van der Waals surface area contributed by atoms with Crippen molar-refractivity contribution in [3.63, 3.8) is 0 Å². The van der Waals surface area contributed by atoms with Gasteiger partial charge >= 0.3 is 0 Å². The van der Waals surface area contributed by atoms with Crippen molar-refractivity contribution in [2.75, 3.05) is 30.8 Å². The van der Waals surface area contributed by atoms with Crippen LogP contribution >= 0.6 is 0 Å². The lowest BCUT2D eigenvalue weighted by molar-refractivity contribution is 0.623. The number of likely N-dealkylation sites (N-methyl/N-ethyl adjacent to an activating group) is 1. The highest BCUT2D eigenvalue weighted by molar-refractivity contribution is 5.66. The summed E-state index contributed by atoms with van der Waals surface area (Å²) >= 11 is 0. The van der Waals surface area contributed by atoms with Crippen LogP contribution in [0.25, 0.3) is 16.9 Å². The summed E-state index contributed by atoms with van der Waals surface area (Å²) < 4.78 is 15.3. The number of fused-ring (bicyclic) bond motifs is 1. The predicted molar refractivity (Wildman–Crippen MR) is 119 cm³/mol. The van der Waals surface area contributed by atoms with Gasteiger partial charge in [0, 0.05) is 24.3 Å². The summed E-state index contributed by atoms with van der Waals surface area (Å²) in [4.78, 5) is 4.47. The van der Waals surface area contributed by atoms with Crippen molar-refractivity contribution in [3.8, 4) is 11.3 Å². The molecule has 0 aliphatic carbocycles. The van der Waals surface area contributed by atoms with Crippen molar-refractivity contribution >= 4 is 17.2 Å². The first-order valence-electron chi connectivity index (χ1n) is 10.00. The molecule has 4 rings (SSSR count). The Morgan fingerprint density at radius 2 is 1.87 bits per heavy atom. The summed E-state index contributed by atoms with van der Waals surface area (Å²) in [7, 11) is 1.94. The Bertz CT molecular complexity index is 1120. The molecule has 0 aliphatic rings. The topological polar surface area (TPSA) is 66.3 Å². The molecule has 0 radical (unpaired) electrons. The maximum atomic E-state index is 13.5. The molecule has 6 nitrogen and oxygen atoms in total. The molecule has 0 fully saturated rings. The molecule has 0 amide bonds. The van der Waals surface area contributed by atoms with Crippen LogP contribution in [0.5, 0.6) is 0 Å². The molecular weight excluding hydrogens is 379 g/mol.